The van der Waals surface area contributed by atoms with Gasteiger partial charge in [0.1, 0.15) is 24.0 Å². The molecular formula is C26H37O8S-. The molecule has 9 heteroatoms. The predicted octanol–water partition coefficient (Wildman–Crippen LogP) is 3.08. The summed E-state index contributed by atoms with van der Waals surface area (Å²) in [6.07, 6.45) is 4.81. The normalized spacial score (nSPS) is 40.0. The van der Waals surface area contributed by atoms with Crippen LogP contribution in [-0.4, -0.2) is 48.6 Å². The van der Waals surface area contributed by atoms with Crippen molar-refractivity contribution < 1.29 is 36.9 Å². The Morgan fingerprint density at radius 3 is 2.51 bits per heavy atom. The lowest BCUT2D eigenvalue weighted by Gasteiger charge is -2.58. The van der Waals surface area contributed by atoms with E-state index in [0.29, 0.717) is 32.1 Å². The standard InChI is InChI=1S/C26H38O8S/c1-15(4-7-23(30)34-10-11-35(31,32)33)18-5-6-19-24-20(14-22(29)26(18,19)3)25(2)9-8-17(27)12-16(25)13-21(24)28/h15-16,18-20,24H,4-14H2,1-3H3,(H,31,32,33)/p-1/t15-,16-,18-,19+,20+,24+,25+,26-/m1/s1. The molecular weight excluding hydrogens is 472 g/mol. The number of Topliss-reactive ketones (excluding diaryl/α,β-unsaturated/α-hetero) is 3. The second-order valence-electron chi connectivity index (χ2n) is 11.9. The number of ether oxygens (including phenoxy) is 1. The Morgan fingerprint density at radius 2 is 1.83 bits per heavy atom. The molecule has 0 spiro atoms. The van der Waals surface area contributed by atoms with Gasteiger partial charge in [0, 0.05) is 43.4 Å². The van der Waals surface area contributed by atoms with Gasteiger partial charge in [-0.2, -0.15) is 0 Å². The van der Waals surface area contributed by atoms with Crippen molar-refractivity contribution in [3.05, 3.63) is 0 Å². The first-order valence-corrected chi connectivity index (χ1v) is 14.5. The minimum Gasteiger partial charge on any atom is -0.748 e. The highest BCUT2D eigenvalue weighted by atomic mass is 32.2. The summed E-state index contributed by atoms with van der Waals surface area (Å²) in [4.78, 5) is 51.4. The van der Waals surface area contributed by atoms with E-state index in [-0.39, 0.29) is 64.7 Å². The van der Waals surface area contributed by atoms with E-state index in [9.17, 15) is 32.1 Å². The van der Waals surface area contributed by atoms with Crippen LogP contribution in [0.3, 0.4) is 0 Å². The second kappa shape index (κ2) is 9.36. The van der Waals surface area contributed by atoms with Crippen molar-refractivity contribution >= 4 is 33.4 Å². The summed E-state index contributed by atoms with van der Waals surface area (Å²) in [5, 5.41) is 0. The predicted molar refractivity (Wildman–Crippen MR) is 125 cm³/mol. The first kappa shape index (κ1) is 26.5. The summed E-state index contributed by atoms with van der Waals surface area (Å²) in [5.74, 6) is -0.594. The van der Waals surface area contributed by atoms with Crippen LogP contribution >= 0.6 is 0 Å². The summed E-state index contributed by atoms with van der Waals surface area (Å²) in [7, 11) is -4.43. The molecule has 0 saturated heterocycles. The fraction of sp³-hybridized carbons (Fsp3) is 0.846. The van der Waals surface area contributed by atoms with Crippen molar-refractivity contribution in [3.63, 3.8) is 0 Å². The van der Waals surface area contributed by atoms with Gasteiger partial charge in [-0.1, -0.05) is 20.8 Å². The van der Waals surface area contributed by atoms with Gasteiger partial charge in [-0.05, 0) is 60.7 Å². The molecule has 0 amide bonds. The van der Waals surface area contributed by atoms with Gasteiger partial charge in [0.25, 0.3) is 0 Å². The minimum atomic E-state index is -4.43. The minimum absolute atomic E-state index is 0.00156. The van der Waals surface area contributed by atoms with Crippen molar-refractivity contribution in [3.8, 4) is 0 Å². The van der Waals surface area contributed by atoms with Crippen LogP contribution < -0.4 is 0 Å². The van der Waals surface area contributed by atoms with E-state index in [1.165, 1.54) is 0 Å². The summed E-state index contributed by atoms with van der Waals surface area (Å²) in [6, 6.07) is 0. The maximum absolute atomic E-state index is 13.8. The van der Waals surface area contributed by atoms with E-state index < -0.39 is 33.9 Å². The Labute approximate surface area is 207 Å². The maximum Gasteiger partial charge on any atom is 0.305 e. The quantitative estimate of drug-likeness (QED) is 0.377. The number of hydrogen-bond donors (Lipinski definition) is 0. The van der Waals surface area contributed by atoms with Gasteiger partial charge in [0.2, 0.25) is 0 Å². The zero-order valence-electron chi connectivity index (χ0n) is 20.9. The second-order valence-corrected chi connectivity index (χ2v) is 13.5. The van der Waals surface area contributed by atoms with Crippen molar-refractivity contribution in [1.82, 2.24) is 0 Å². The van der Waals surface area contributed by atoms with Crippen LogP contribution in [0.25, 0.3) is 0 Å². The van der Waals surface area contributed by atoms with Crippen LogP contribution in [0.15, 0.2) is 0 Å². The molecule has 0 aliphatic heterocycles. The average molecular weight is 510 g/mol. The molecule has 8 nitrogen and oxygen atoms in total. The zero-order chi connectivity index (χ0) is 25.8. The van der Waals surface area contributed by atoms with Crippen LogP contribution in [0.5, 0.6) is 0 Å². The number of hydrogen-bond acceptors (Lipinski definition) is 8. The highest BCUT2D eigenvalue weighted by Gasteiger charge is 2.66. The van der Waals surface area contributed by atoms with E-state index in [1.54, 1.807) is 0 Å². The SMILES string of the molecule is C[C@H](CCC(=O)OCCS(=O)(=O)[O-])[C@H]1CC[C@H]2[C@@H]3C(=O)C[C@H]4CC(=O)CC[C@]4(C)[C@H]3CC(=O)[C@]12C. The summed E-state index contributed by atoms with van der Waals surface area (Å²) in [5.41, 5.74) is -0.751. The number of fused-ring (bicyclic) bond motifs is 5. The zero-order valence-corrected chi connectivity index (χ0v) is 21.7. The van der Waals surface area contributed by atoms with Crippen molar-refractivity contribution in [2.45, 2.75) is 78.6 Å². The third kappa shape index (κ3) is 4.75. The molecule has 35 heavy (non-hydrogen) atoms. The molecule has 196 valence electrons. The van der Waals surface area contributed by atoms with E-state index >= 15 is 0 Å². The lowest BCUT2D eigenvalue weighted by molar-refractivity contribution is -0.166. The molecule has 0 aromatic rings. The van der Waals surface area contributed by atoms with Crippen LogP contribution in [0, 0.1) is 46.3 Å². The summed E-state index contributed by atoms with van der Waals surface area (Å²) >= 11 is 0. The van der Waals surface area contributed by atoms with Gasteiger partial charge < -0.3 is 9.29 Å². The van der Waals surface area contributed by atoms with E-state index in [1.807, 2.05) is 13.8 Å². The largest absolute Gasteiger partial charge is 0.748 e. The van der Waals surface area contributed by atoms with Gasteiger partial charge in [0.15, 0.2) is 0 Å². The maximum atomic E-state index is 13.8. The van der Waals surface area contributed by atoms with Crippen LogP contribution in [0.2, 0.25) is 0 Å². The molecule has 8 atom stereocenters. The van der Waals surface area contributed by atoms with Gasteiger partial charge in [-0.25, -0.2) is 8.42 Å². The molecule has 0 heterocycles. The Kier molecular flexibility index (Phi) is 7.07. The fourth-order valence-electron chi connectivity index (χ4n) is 8.27. The molecule has 0 unspecified atom stereocenters. The third-order valence-electron chi connectivity index (χ3n) is 10.3. The fourth-order valence-corrected chi connectivity index (χ4v) is 8.55. The van der Waals surface area contributed by atoms with Gasteiger partial charge in [0.05, 0.1) is 15.9 Å². The molecule has 0 bridgehead atoms. The molecule has 0 N–H and O–H groups in total. The van der Waals surface area contributed by atoms with Gasteiger partial charge in [-0.3, -0.25) is 19.2 Å². The number of esters is 1. The van der Waals surface area contributed by atoms with Crippen molar-refractivity contribution in [2.75, 3.05) is 12.4 Å². The molecule has 4 fully saturated rings. The highest BCUT2D eigenvalue weighted by Crippen LogP contribution is 2.66. The summed E-state index contributed by atoms with van der Waals surface area (Å²) in [6.45, 7) is 5.80. The Balaban J connectivity index is 1.45. The Morgan fingerprint density at radius 1 is 1.11 bits per heavy atom. The number of rotatable bonds is 7. The lowest BCUT2D eigenvalue weighted by atomic mass is 9.44. The van der Waals surface area contributed by atoms with Crippen molar-refractivity contribution in [1.29, 1.82) is 0 Å². The molecule has 0 radical (unpaired) electrons. The third-order valence-corrected chi connectivity index (χ3v) is 11.0. The number of carbonyl (C=O) groups excluding carboxylic acids is 4. The van der Waals surface area contributed by atoms with Crippen LogP contribution in [0.1, 0.15) is 78.6 Å². The van der Waals surface area contributed by atoms with Gasteiger partial charge >= 0.3 is 5.97 Å². The van der Waals surface area contributed by atoms with Gasteiger partial charge in [-0.15, -0.1) is 0 Å². The highest BCUT2D eigenvalue weighted by molar-refractivity contribution is 7.85. The number of ketones is 3. The van der Waals surface area contributed by atoms with E-state index in [2.05, 4.69) is 6.92 Å². The Bertz CT molecular complexity index is 1020. The molecule has 0 aromatic carbocycles. The first-order chi connectivity index (χ1) is 16.3. The summed E-state index contributed by atoms with van der Waals surface area (Å²) < 4.78 is 36.9. The molecule has 4 aliphatic carbocycles. The van der Waals surface area contributed by atoms with E-state index in [4.69, 9.17) is 4.74 Å². The monoisotopic (exact) mass is 509 g/mol. The lowest BCUT2D eigenvalue weighted by Crippen LogP contribution is -2.60. The van der Waals surface area contributed by atoms with Crippen LogP contribution in [0.4, 0.5) is 0 Å². The van der Waals surface area contributed by atoms with E-state index in [0.717, 1.165) is 19.3 Å². The molecule has 0 aromatic heterocycles. The topological polar surface area (TPSA) is 135 Å². The Hall–Kier alpha value is -1.61. The first-order valence-electron chi connectivity index (χ1n) is 12.9. The molecule has 4 saturated carbocycles. The average Bonchev–Trinajstić information content (AvgIpc) is 3.12. The van der Waals surface area contributed by atoms with Crippen molar-refractivity contribution in [2.24, 2.45) is 46.3 Å². The van der Waals surface area contributed by atoms with Crippen LogP contribution in [-0.2, 0) is 34.0 Å². The smallest absolute Gasteiger partial charge is 0.305 e. The molecule has 4 rings (SSSR count). The molecule has 4 aliphatic rings. The number of carbonyl (C=O) groups is 4.